The Hall–Kier alpha value is -2.37. The second kappa shape index (κ2) is 11.9. The Morgan fingerprint density at radius 3 is 2.45 bits per heavy atom. The monoisotopic (exact) mass is 600 g/mol. The molecule has 2 aromatic carbocycles. The molecule has 1 spiro atoms. The van der Waals surface area contributed by atoms with Crippen LogP contribution in [0.3, 0.4) is 0 Å². The maximum atomic E-state index is 11.8. The fourth-order valence-electron chi connectivity index (χ4n) is 5.12. The fourth-order valence-corrected chi connectivity index (χ4v) is 8.94. The van der Waals surface area contributed by atoms with E-state index < -0.39 is 30.8 Å². The number of imidazole rings is 1. The van der Waals surface area contributed by atoms with Gasteiger partial charge in [0.25, 0.3) is 0 Å². The topological polar surface area (TPSA) is 131 Å². The van der Waals surface area contributed by atoms with Crippen LogP contribution in [0.5, 0.6) is 5.75 Å². The first-order valence-electron chi connectivity index (χ1n) is 13.1. The summed E-state index contributed by atoms with van der Waals surface area (Å²) in [4.78, 5) is 22.8. The second-order valence-corrected chi connectivity index (χ2v) is 14.6. The van der Waals surface area contributed by atoms with Gasteiger partial charge in [0.2, 0.25) is 0 Å². The lowest BCUT2D eigenvalue weighted by Crippen LogP contribution is -2.22. The number of hydrogen-bond acceptors (Lipinski definition) is 6. The van der Waals surface area contributed by atoms with Crippen molar-refractivity contribution in [1.82, 2.24) is 9.55 Å². The van der Waals surface area contributed by atoms with Gasteiger partial charge >= 0.3 is 17.6 Å². The minimum absolute atomic E-state index is 0.134. The van der Waals surface area contributed by atoms with Crippen molar-refractivity contribution >= 4 is 34.5 Å². The Balaban J connectivity index is 1.21. The third-order valence-electron chi connectivity index (χ3n) is 7.47. The number of rotatable bonds is 11. The van der Waals surface area contributed by atoms with Crippen LogP contribution < -0.4 is 4.43 Å². The summed E-state index contributed by atoms with van der Waals surface area (Å²) in [6, 6.07) is 15.5. The molecule has 3 aromatic rings. The molecule has 1 saturated heterocycles. The van der Waals surface area contributed by atoms with Gasteiger partial charge in [-0.05, 0) is 40.8 Å². The van der Waals surface area contributed by atoms with Gasteiger partial charge < -0.3 is 23.9 Å². The van der Waals surface area contributed by atoms with Crippen LogP contribution in [-0.4, -0.2) is 62.6 Å². The molecule has 1 saturated carbocycles. The van der Waals surface area contributed by atoms with Crippen LogP contribution in [0.4, 0.5) is 0 Å². The van der Waals surface area contributed by atoms with E-state index in [0.717, 1.165) is 34.7 Å². The zero-order valence-corrected chi connectivity index (χ0v) is 25.0. The van der Waals surface area contributed by atoms with Gasteiger partial charge in [-0.2, -0.15) is 0 Å². The molecule has 3 N–H and O–H groups in total. The summed E-state index contributed by atoms with van der Waals surface area (Å²) in [5, 5.41) is 10.2. The molecular weight excluding hydrogens is 567 g/mol. The molecule has 1 aromatic heterocycles. The first kappa shape index (κ1) is 29.1. The lowest BCUT2D eigenvalue weighted by molar-refractivity contribution is 0.136. The molecule has 2 aliphatic rings. The van der Waals surface area contributed by atoms with Gasteiger partial charge in [0.05, 0.1) is 24.5 Å². The summed E-state index contributed by atoms with van der Waals surface area (Å²) in [5.41, 5.74) is 3.11. The summed E-state index contributed by atoms with van der Waals surface area (Å²) in [6.07, 6.45) is 7.63. The van der Waals surface area contributed by atoms with E-state index in [1.807, 2.05) is 79.1 Å². The quantitative estimate of drug-likeness (QED) is 0.219. The van der Waals surface area contributed by atoms with Gasteiger partial charge in [-0.15, -0.1) is 0 Å². The van der Waals surface area contributed by atoms with Crippen molar-refractivity contribution in [3.63, 3.8) is 0 Å². The largest absolute Gasteiger partial charge is 0.541 e. The van der Waals surface area contributed by atoms with E-state index in [4.69, 9.17) is 8.95 Å². The Morgan fingerprint density at radius 1 is 1.18 bits per heavy atom. The van der Waals surface area contributed by atoms with Gasteiger partial charge in [-0.1, -0.05) is 62.4 Å². The SMILES string of the molecule is CC(C)c1nccn1C(/C=C/c1ccc(-c2ccc(O[Si]C3C[C@]34CS(=O)C[C@H]4O)cc2)cc1)COP(=O)(O)O. The van der Waals surface area contributed by atoms with Crippen LogP contribution in [-0.2, 0) is 19.9 Å². The van der Waals surface area contributed by atoms with E-state index in [1.165, 1.54) is 0 Å². The van der Waals surface area contributed by atoms with Crippen LogP contribution in [0.1, 0.15) is 43.6 Å². The molecule has 1 aliphatic heterocycles. The smallest absolute Gasteiger partial charge is 0.469 e. The lowest BCUT2D eigenvalue weighted by atomic mass is 10.0. The normalized spacial score (nSPS) is 25.2. The molecule has 0 bridgehead atoms. The number of nitrogens with zero attached hydrogens (tertiary/aromatic N) is 2. The molecule has 12 heteroatoms. The predicted octanol–water partition coefficient (Wildman–Crippen LogP) is 4.34. The first-order valence-corrected chi connectivity index (χ1v) is 17.1. The summed E-state index contributed by atoms with van der Waals surface area (Å²) >= 11 is 0. The van der Waals surface area contributed by atoms with Crippen LogP contribution in [0.25, 0.3) is 17.2 Å². The molecule has 3 unspecified atom stereocenters. The fraction of sp³-hybridized carbons (Fsp3) is 0.393. The van der Waals surface area contributed by atoms with Gasteiger partial charge in [0.15, 0.2) is 0 Å². The van der Waals surface area contributed by atoms with Crippen molar-refractivity contribution in [3.8, 4) is 16.9 Å². The third kappa shape index (κ3) is 6.74. The minimum atomic E-state index is -4.62. The summed E-state index contributed by atoms with van der Waals surface area (Å²) < 4.78 is 35.8. The molecule has 2 heterocycles. The highest BCUT2D eigenvalue weighted by Crippen LogP contribution is 2.62. The summed E-state index contributed by atoms with van der Waals surface area (Å²) in [5.74, 6) is 2.69. The molecule has 1 aliphatic carbocycles. The zero-order chi connectivity index (χ0) is 28.5. The third-order valence-corrected chi connectivity index (χ3v) is 10.9. The molecule has 5 atom stereocenters. The Morgan fingerprint density at radius 2 is 1.85 bits per heavy atom. The van der Waals surface area contributed by atoms with Crippen molar-refractivity contribution in [1.29, 1.82) is 0 Å². The predicted molar refractivity (Wildman–Crippen MR) is 155 cm³/mol. The van der Waals surface area contributed by atoms with Gasteiger partial charge in [-0.3, -0.25) is 8.73 Å². The van der Waals surface area contributed by atoms with E-state index in [2.05, 4.69) is 4.98 Å². The standard InChI is InChI=1S/C28H33N2O7PSSi/c1-19(2)27-29-13-14-30(27)23(16-36-38(32,33)34)10-5-20-3-6-21(7-4-20)22-8-11-24(12-9-22)37-40-26-15-28(26)18-39(35)17-25(28)31/h3-14,19,23,25-26,31H,15-18H2,1-2H3,(H2,32,33,34)/b10-5+/t23?,25-,26?,28-,39?/m1/s1. The van der Waals surface area contributed by atoms with Gasteiger partial charge in [0, 0.05) is 40.3 Å². The van der Waals surface area contributed by atoms with Crippen LogP contribution in [0, 0.1) is 5.41 Å². The number of hydrogen-bond donors (Lipinski definition) is 3. The molecule has 9 nitrogen and oxygen atoms in total. The molecule has 2 fully saturated rings. The van der Waals surface area contributed by atoms with Crippen molar-refractivity contribution in [2.75, 3.05) is 18.1 Å². The van der Waals surface area contributed by atoms with Gasteiger partial charge in [-0.25, -0.2) is 9.55 Å². The van der Waals surface area contributed by atoms with Crippen molar-refractivity contribution in [3.05, 3.63) is 78.4 Å². The highest BCUT2D eigenvalue weighted by atomic mass is 32.2. The first-order chi connectivity index (χ1) is 19.0. The molecule has 0 amide bonds. The summed E-state index contributed by atoms with van der Waals surface area (Å²) in [6.45, 7) is 3.83. The molecule has 5 rings (SSSR count). The number of aromatic nitrogens is 2. The molecule has 40 heavy (non-hydrogen) atoms. The van der Waals surface area contributed by atoms with E-state index in [0.29, 0.717) is 11.5 Å². The Kier molecular flexibility index (Phi) is 8.63. The maximum absolute atomic E-state index is 11.8. The molecule has 212 valence electrons. The highest BCUT2D eigenvalue weighted by molar-refractivity contribution is 7.85. The zero-order valence-electron chi connectivity index (χ0n) is 22.3. The summed E-state index contributed by atoms with van der Waals surface area (Å²) in [7, 11) is -5.29. The van der Waals surface area contributed by atoms with Crippen molar-refractivity contribution < 1.29 is 32.6 Å². The van der Waals surface area contributed by atoms with E-state index in [1.54, 1.807) is 12.4 Å². The Bertz CT molecular complexity index is 1420. The van der Waals surface area contributed by atoms with Crippen molar-refractivity contribution in [2.45, 2.75) is 43.9 Å². The second-order valence-electron chi connectivity index (χ2n) is 10.7. The van der Waals surface area contributed by atoms with E-state index in [9.17, 15) is 23.7 Å². The number of phosphoric ester groups is 1. The van der Waals surface area contributed by atoms with Crippen LogP contribution >= 0.6 is 7.82 Å². The average molecular weight is 601 g/mol. The molecular formula is C28H33N2O7PSSi. The minimum Gasteiger partial charge on any atom is -0.541 e. The Labute approximate surface area is 238 Å². The van der Waals surface area contributed by atoms with Crippen LogP contribution in [0.15, 0.2) is 67.0 Å². The van der Waals surface area contributed by atoms with Crippen molar-refractivity contribution in [2.24, 2.45) is 5.41 Å². The number of phosphoric acid groups is 1. The van der Waals surface area contributed by atoms with Gasteiger partial charge in [0.1, 0.15) is 11.6 Å². The van der Waals surface area contributed by atoms with Crippen LogP contribution in [0.2, 0.25) is 5.54 Å². The highest BCUT2D eigenvalue weighted by Gasteiger charge is 2.63. The lowest BCUT2D eigenvalue weighted by Gasteiger charge is -2.19. The molecule has 2 radical (unpaired) electrons. The number of aliphatic hydroxyl groups excluding tert-OH is 1. The number of aliphatic hydroxyl groups is 1. The average Bonchev–Trinajstić information content (AvgIpc) is 3.23. The van der Waals surface area contributed by atoms with E-state index in [-0.39, 0.29) is 33.2 Å². The van der Waals surface area contributed by atoms with E-state index >= 15 is 0 Å². The maximum Gasteiger partial charge on any atom is 0.469 e. The number of benzene rings is 2.